The van der Waals surface area contributed by atoms with E-state index in [-0.39, 0.29) is 6.61 Å². The maximum atomic E-state index is 8.87. The summed E-state index contributed by atoms with van der Waals surface area (Å²) in [5.74, 6) is 0.759. The lowest BCUT2D eigenvalue weighted by Gasteiger charge is -1.94. The van der Waals surface area contributed by atoms with Crippen LogP contribution in [0.4, 0.5) is 0 Å². The van der Waals surface area contributed by atoms with Gasteiger partial charge in [-0.2, -0.15) is 5.10 Å². The molecule has 2 aromatic rings. The molecule has 13 heavy (non-hydrogen) atoms. The van der Waals surface area contributed by atoms with Gasteiger partial charge in [0, 0.05) is 7.05 Å². The molecule has 0 amide bonds. The highest BCUT2D eigenvalue weighted by molar-refractivity contribution is 5.52. The van der Waals surface area contributed by atoms with Crippen molar-refractivity contribution in [1.29, 1.82) is 0 Å². The Labute approximate surface area is 75.4 Å². The fourth-order valence-corrected chi connectivity index (χ4v) is 1.26. The lowest BCUT2D eigenvalue weighted by Crippen LogP contribution is -1.93. The Kier molecular flexibility index (Phi) is 1.90. The zero-order chi connectivity index (χ0) is 9.26. The van der Waals surface area contributed by atoms with Crippen molar-refractivity contribution in [2.24, 2.45) is 7.05 Å². The summed E-state index contributed by atoms with van der Waals surface area (Å²) in [5, 5.41) is 13.0. The van der Waals surface area contributed by atoms with Gasteiger partial charge in [0.1, 0.15) is 5.69 Å². The summed E-state index contributed by atoms with van der Waals surface area (Å²) in [6, 6.07) is 5.48. The van der Waals surface area contributed by atoms with Crippen molar-refractivity contribution in [3.63, 3.8) is 0 Å². The van der Waals surface area contributed by atoms with Gasteiger partial charge in [-0.1, -0.05) is 0 Å². The fraction of sp³-hybridized carbons (Fsp3) is 0.222. The number of nitrogens with zero attached hydrogens (tertiary/aromatic N) is 2. The van der Waals surface area contributed by atoms with Gasteiger partial charge in [0.25, 0.3) is 0 Å². The SMILES string of the molecule is Cn1nc(CO)cc1-c1ccco1. The van der Waals surface area contributed by atoms with Crippen molar-refractivity contribution in [1.82, 2.24) is 9.78 Å². The number of furan rings is 1. The van der Waals surface area contributed by atoms with E-state index >= 15 is 0 Å². The van der Waals surface area contributed by atoms with Gasteiger partial charge in [0.2, 0.25) is 0 Å². The highest BCUT2D eigenvalue weighted by atomic mass is 16.3. The molecule has 0 saturated heterocycles. The second kappa shape index (κ2) is 3.06. The zero-order valence-electron chi connectivity index (χ0n) is 7.27. The van der Waals surface area contributed by atoms with E-state index in [1.54, 1.807) is 17.0 Å². The van der Waals surface area contributed by atoms with Gasteiger partial charge in [-0.05, 0) is 18.2 Å². The molecule has 1 N–H and O–H groups in total. The average Bonchev–Trinajstić information content (AvgIpc) is 2.72. The molecule has 0 saturated carbocycles. The van der Waals surface area contributed by atoms with Crippen LogP contribution in [0.5, 0.6) is 0 Å². The van der Waals surface area contributed by atoms with Gasteiger partial charge >= 0.3 is 0 Å². The minimum absolute atomic E-state index is 0.0471. The molecule has 0 aliphatic rings. The second-order valence-electron chi connectivity index (χ2n) is 2.78. The average molecular weight is 178 g/mol. The van der Waals surface area contributed by atoms with E-state index < -0.39 is 0 Å². The van der Waals surface area contributed by atoms with Crippen LogP contribution < -0.4 is 0 Å². The normalized spacial score (nSPS) is 10.6. The molecule has 0 bridgehead atoms. The third-order valence-corrected chi connectivity index (χ3v) is 1.87. The monoisotopic (exact) mass is 178 g/mol. The summed E-state index contributed by atoms with van der Waals surface area (Å²) in [7, 11) is 1.82. The summed E-state index contributed by atoms with van der Waals surface area (Å²) in [6.45, 7) is -0.0471. The van der Waals surface area contributed by atoms with Gasteiger partial charge in [0.05, 0.1) is 18.6 Å². The van der Waals surface area contributed by atoms with Gasteiger partial charge in [-0.25, -0.2) is 0 Å². The van der Waals surface area contributed by atoms with E-state index in [9.17, 15) is 0 Å². The Morgan fingerprint density at radius 2 is 2.46 bits per heavy atom. The molecule has 0 unspecified atom stereocenters. The molecular weight excluding hydrogens is 168 g/mol. The molecule has 2 heterocycles. The first kappa shape index (κ1) is 8.07. The van der Waals surface area contributed by atoms with Crippen molar-refractivity contribution in [3.05, 3.63) is 30.2 Å². The first-order valence-corrected chi connectivity index (χ1v) is 3.99. The Balaban J connectivity index is 2.46. The van der Waals surface area contributed by atoms with Crippen LogP contribution in [0.3, 0.4) is 0 Å². The predicted octanol–water partition coefficient (Wildman–Crippen LogP) is 1.17. The number of hydrogen-bond acceptors (Lipinski definition) is 3. The highest BCUT2D eigenvalue weighted by Gasteiger charge is 2.08. The van der Waals surface area contributed by atoms with Crippen LogP contribution in [-0.2, 0) is 13.7 Å². The molecule has 2 rings (SSSR count). The van der Waals surface area contributed by atoms with Crippen molar-refractivity contribution >= 4 is 0 Å². The lowest BCUT2D eigenvalue weighted by atomic mass is 10.3. The molecule has 4 heteroatoms. The summed E-state index contributed by atoms with van der Waals surface area (Å²) in [6.07, 6.45) is 1.61. The zero-order valence-corrected chi connectivity index (χ0v) is 7.27. The first-order chi connectivity index (χ1) is 6.31. The van der Waals surface area contributed by atoms with E-state index in [0.717, 1.165) is 11.5 Å². The van der Waals surface area contributed by atoms with Crippen LogP contribution in [-0.4, -0.2) is 14.9 Å². The van der Waals surface area contributed by atoms with Gasteiger partial charge in [-0.3, -0.25) is 4.68 Å². The third-order valence-electron chi connectivity index (χ3n) is 1.87. The smallest absolute Gasteiger partial charge is 0.151 e. The summed E-state index contributed by atoms with van der Waals surface area (Å²) in [4.78, 5) is 0. The number of rotatable bonds is 2. The van der Waals surface area contributed by atoms with Crippen molar-refractivity contribution < 1.29 is 9.52 Å². The van der Waals surface area contributed by atoms with Gasteiger partial charge in [-0.15, -0.1) is 0 Å². The van der Waals surface area contributed by atoms with Gasteiger partial charge < -0.3 is 9.52 Å². The standard InChI is InChI=1S/C9H10N2O2/c1-11-8(5-7(6-12)10-11)9-3-2-4-13-9/h2-5,12H,6H2,1H3. The van der Waals surface area contributed by atoms with E-state index in [4.69, 9.17) is 9.52 Å². The number of hydrogen-bond donors (Lipinski definition) is 1. The van der Waals surface area contributed by atoms with Crippen LogP contribution in [0.15, 0.2) is 28.9 Å². The Morgan fingerprint density at radius 1 is 1.62 bits per heavy atom. The van der Waals surface area contributed by atoms with Crippen LogP contribution >= 0.6 is 0 Å². The summed E-state index contributed by atoms with van der Waals surface area (Å²) in [5.41, 5.74) is 1.52. The van der Waals surface area contributed by atoms with E-state index in [1.807, 2.05) is 19.2 Å². The van der Waals surface area contributed by atoms with Crippen molar-refractivity contribution in [2.45, 2.75) is 6.61 Å². The quantitative estimate of drug-likeness (QED) is 0.751. The van der Waals surface area contributed by atoms with Crippen LogP contribution in [0.1, 0.15) is 5.69 Å². The molecule has 0 atom stereocenters. The largest absolute Gasteiger partial charge is 0.463 e. The fourth-order valence-electron chi connectivity index (χ4n) is 1.26. The van der Waals surface area contributed by atoms with Crippen LogP contribution in [0, 0.1) is 0 Å². The summed E-state index contributed by atoms with van der Waals surface area (Å²) >= 11 is 0. The lowest BCUT2D eigenvalue weighted by molar-refractivity contribution is 0.275. The molecule has 0 fully saturated rings. The Bertz CT molecular complexity index is 390. The second-order valence-corrected chi connectivity index (χ2v) is 2.78. The topological polar surface area (TPSA) is 51.2 Å². The van der Waals surface area contributed by atoms with Crippen LogP contribution in [0.2, 0.25) is 0 Å². The molecule has 2 aromatic heterocycles. The van der Waals surface area contributed by atoms with E-state index in [1.165, 1.54) is 0 Å². The molecule has 68 valence electrons. The molecule has 4 nitrogen and oxygen atoms in total. The molecular formula is C9H10N2O2. The van der Waals surface area contributed by atoms with Gasteiger partial charge in [0.15, 0.2) is 5.76 Å². The molecule has 0 aliphatic heterocycles. The molecule has 0 aromatic carbocycles. The Hall–Kier alpha value is -1.55. The Morgan fingerprint density at radius 3 is 3.00 bits per heavy atom. The molecule has 0 aliphatic carbocycles. The summed E-state index contributed by atoms with van der Waals surface area (Å²) < 4.78 is 6.90. The third kappa shape index (κ3) is 1.36. The van der Waals surface area contributed by atoms with Crippen molar-refractivity contribution in [2.75, 3.05) is 0 Å². The minimum Gasteiger partial charge on any atom is -0.463 e. The molecule has 0 radical (unpaired) electrons. The predicted molar refractivity (Wildman–Crippen MR) is 46.8 cm³/mol. The number of aliphatic hydroxyl groups excluding tert-OH is 1. The van der Waals surface area contributed by atoms with Crippen molar-refractivity contribution in [3.8, 4) is 11.5 Å². The van der Waals surface area contributed by atoms with E-state index in [2.05, 4.69) is 5.10 Å². The molecule has 0 spiro atoms. The maximum absolute atomic E-state index is 8.87. The minimum atomic E-state index is -0.0471. The highest BCUT2D eigenvalue weighted by Crippen LogP contribution is 2.19. The number of aryl methyl sites for hydroxylation is 1. The van der Waals surface area contributed by atoms with Crippen LogP contribution in [0.25, 0.3) is 11.5 Å². The first-order valence-electron chi connectivity index (χ1n) is 3.99. The van der Waals surface area contributed by atoms with E-state index in [0.29, 0.717) is 5.69 Å². The number of aliphatic hydroxyl groups is 1. The number of aromatic nitrogens is 2. The maximum Gasteiger partial charge on any atom is 0.151 e.